The van der Waals surface area contributed by atoms with Gasteiger partial charge < -0.3 is 30.5 Å². The number of ether oxygens (including phenoxy) is 1. The zero-order valence-corrected chi connectivity index (χ0v) is 23.0. The molecule has 2 aliphatic carbocycles. The number of amides is 2. The Morgan fingerprint density at radius 1 is 1.13 bits per heavy atom. The van der Waals surface area contributed by atoms with Crippen molar-refractivity contribution in [2.24, 2.45) is 5.41 Å². The van der Waals surface area contributed by atoms with E-state index < -0.39 is 0 Å². The van der Waals surface area contributed by atoms with Crippen LogP contribution in [0.3, 0.4) is 0 Å². The lowest BCUT2D eigenvalue weighted by atomic mass is 9.93. The number of benzene rings is 1. The monoisotopic (exact) mass is 533 g/mol. The lowest BCUT2D eigenvalue weighted by Gasteiger charge is -2.36. The summed E-state index contributed by atoms with van der Waals surface area (Å²) in [6.45, 7) is 2.55. The molecule has 3 fully saturated rings. The number of hydrogen-bond acceptors (Lipinski definition) is 8. The summed E-state index contributed by atoms with van der Waals surface area (Å²) in [5, 5.41) is 9.76. The molecule has 6 rings (SSSR count). The Morgan fingerprint density at radius 2 is 1.90 bits per heavy atom. The summed E-state index contributed by atoms with van der Waals surface area (Å²) >= 11 is 0. The molecule has 10 heteroatoms. The van der Waals surface area contributed by atoms with Crippen LogP contribution >= 0.6 is 0 Å². The van der Waals surface area contributed by atoms with Crippen LogP contribution in [0.4, 0.5) is 23.1 Å². The molecule has 1 aromatic heterocycles. The van der Waals surface area contributed by atoms with Crippen molar-refractivity contribution in [1.29, 1.82) is 0 Å². The molecule has 1 aromatic carbocycles. The molecule has 1 saturated heterocycles. The average molecular weight is 534 g/mol. The molecule has 0 bridgehead atoms. The minimum atomic E-state index is -0.297. The highest BCUT2D eigenvalue weighted by Crippen LogP contribution is 2.52. The van der Waals surface area contributed by atoms with Gasteiger partial charge in [0, 0.05) is 31.2 Å². The average Bonchev–Trinajstić information content (AvgIpc) is 3.77. The van der Waals surface area contributed by atoms with E-state index in [4.69, 9.17) is 9.72 Å². The first kappa shape index (κ1) is 25.9. The molecule has 3 N–H and O–H groups in total. The first-order valence-electron chi connectivity index (χ1n) is 14.4. The van der Waals surface area contributed by atoms with Gasteiger partial charge in [0.25, 0.3) is 5.91 Å². The maximum Gasteiger partial charge on any atom is 0.251 e. The highest BCUT2D eigenvalue weighted by atomic mass is 16.5. The Labute approximate surface area is 229 Å². The van der Waals surface area contributed by atoms with Crippen molar-refractivity contribution in [2.75, 3.05) is 48.9 Å². The van der Waals surface area contributed by atoms with E-state index in [1.807, 2.05) is 13.1 Å². The van der Waals surface area contributed by atoms with Crippen LogP contribution in [0.2, 0.25) is 0 Å². The van der Waals surface area contributed by atoms with Gasteiger partial charge in [-0.25, -0.2) is 4.98 Å². The van der Waals surface area contributed by atoms with Gasteiger partial charge in [0.15, 0.2) is 5.82 Å². The number of hydrogen-bond donors (Lipinski definition) is 3. The second-order valence-corrected chi connectivity index (χ2v) is 11.5. The smallest absolute Gasteiger partial charge is 0.251 e. The highest BCUT2D eigenvalue weighted by Gasteiger charge is 2.55. The SMILES string of the molecule is COc1cc(C(=O)NC2CCNCC2)ccc1Nc1ncc2c(n1)N(C1CCCCC1)CC1(CC1)C(=O)N2C. The fourth-order valence-corrected chi connectivity index (χ4v) is 6.32. The fourth-order valence-electron chi connectivity index (χ4n) is 6.32. The normalized spacial score (nSPS) is 21.3. The van der Waals surface area contributed by atoms with Gasteiger partial charge >= 0.3 is 0 Å². The molecule has 2 aliphatic heterocycles. The summed E-state index contributed by atoms with van der Waals surface area (Å²) in [7, 11) is 3.44. The number of nitrogens with zero attached hydrogens (tertiary/aromatic N) is 4. The summed E-state index contributed by atoms with van der Waals surface area (Å²) in [5.74, 6) is 1.87. The lowest BCUT2D eigenvalue weighted by molar-refractivity contribution is -0.123. The topological polar surface area (TPSA) is 112 Å². The number of carbonyl (C=O) groups is 2. The third kappa shape index (κ3) is 5.14. The van der Waals surface area contributed by atoms with Crippen LogP contribution in [0.1, 0.15) is 68.1 Å². The van der Waals surface area contributed by atoms with E-state index >= 15 is 0 Å². The largest absolute Gasteiger partial charge is 0.495 e. The molecule has 39 heavy (non-hydrogen) atoms. The van der Waals surface area contributed by atoms with Gasteiger partial charge in [-0.1, -0.05) is 19.3 Å². The Hall–Kier alpha value is -3.40. The van der Waals surface area contributed by atoms with E-state index in [1.165, 1.54) is 19.3 Å². The van der Waals surface area contributed by atoms with E-state index in [0.29, 0.717) is 35.5 Å². The van der Waals surface area contributed by atoms with Gasteiger partial charge in [0.1, 0.15) is 11.4 Å². The molecule has 10 nitrogen and oxygen atoms in total. The molecule has 4 aliphatic rings. The van der Waals surface area contributed by atoms with E-state index in [1.54, 1.807) is 30.3 Å². The van der Waals surface area contributed by atoms with Crippen molar-refractivity contribution in [1.82, 2.24) is 20.6 Å². The molecule has 3 heterocycles. The van der Waals surface area contributed by atoms with Crippen LogP contribution in [0.15, 0.2) is 24.4 Å². The standard InChI is InChI=1S/C29H39N7O3/c1-35-23-17-31-28(34-25(23)36(21-6-4-3-5-7-21)18-29(12-13-29)27(35)38)33-22-9-8-19(16-24(22)39-2)26(37)32-20-10-14-30-15-11-20/h8-9,16-17,20-21,30H,3-7,10-15,18H2,1-2H3,(H,32,37)(H,31,33,34). The van der Waals surface area contributed by atoms with E-state index in [2.05, 4.69) is 25.8 Å². The molecule has 2 amide bonds. The third-order valence-corrected chi connectivity index (χ3v) is 8.87. The molecule has 0 radical (unpaired) electrons. The number of carbonyl (C=O) groups excluding carboxylic acids is 2. The van der Waals surface area contributed by atoms with E-state index in [0.717, 1.165) is 63.1 Å². The predicted molar refractivity (Wildman–Crippen MR) is 151 cm³/mol. The van der Waals surface area contributed by atoms with Crippen molar-refractivity contribution in [2.45, 2.75) is 69.9 Å². The zero-order valence-electron chi connectivity index (χ0n) is 23.0. The Bertz CT molecular complexity index is 1240. The van der Waals surface area contributed by atoms with Crippen LogP contribution in [0.25, 0.3) is 0 Å². The maximum absolute atomic E-state index is 13.4. The van der Waals surface area contributed by atoms with Crippen molar-refractivity contribution >= 4 is 35.0 Å². The molecular formula is C29H39N7O3. The highest BCUT2D eigenvalue weighted by molar-refractivity contribution is 6.03. The first-order valence-corrected chi connectivity index (χ1v) is 14.4. The molecule has 1 spiro atoms. The zero-order chi connectivity index (χ0) is 27.0. The van der Waals surface area contributed by atoms with Crippen molar-refractivity contribution < 1.29 is 14.3 Å². The summed E-state index contributed by atoms with van der Waals surface area (Å²) in [4.78, 5) is 40.0. The quantitative estimate of drug-likeness (QED) is 0.517. The summed E-state index contributed by atoms with van der Waals surface area (Å²) in [6.07, 6.45) is 11.4. The number of piperidine rings is 1. The number of methoxy groups -OCH3 is 1. The van der Waals surface area contributed by atoms with Gasteiger partial charge in [-0.2, -0.15) is 4.98 Å². The van der Waals surface area contributed by atoms with E-state index in [9.17, 15) is 9.59 Å². The Kier molecular flexibility index (Phi) is 7.05. The first-order chi connectivity index (χ1) is 19.0. The molecule has 0 atom stereocenters. The second-order valence-electron chi connectivity index (χ2n) is 11.5. The van der Waals surface area contributed by atoms with Crippen LogP contribution in [-0.4, -0.2) is 67.7 Å². The number of aromatic nitrogens is 2. The minimum absolute atomic E-state index is 0.0992. The lowest BCUT2D eigenvalue weighted by Crippen LogP contribution is -2.43. The summed E-state index contributed by atoms with van der Waals surface area (Å²) in [5.41, 5.74) is 1.69. The number of fused-ring (bicyclic) bond motifs is 1. The molecule has 2 saturated carbocycles. The fraction of sp³-hybridized carbons (Fsp3) is 0.586. The second kappa shape index (κ2) is 10.6. The van der Waals surface area contributed by atoms with Gasteiger partial charge in [-0.3, -0.25) is 9.59 Å². The number of nitrogens with one attached hydrogen (secondary N) is 3. The van der Waals surface area contributed by atoms with Crippen molar-refractivity contribution in [3.8, 4) is 5.75 Å². The van der Waals surface area contributed by atoms with Crippen LogP contribution in [0, 0.1) is 5.41 Å². The number of rotatable bonds is 6. The summed E-state index contributed by atoms with van der Waals surface area (Å²) in [6, 6.07) is 5.94. The van der Waals surface area contributed by atoms with Crippen molar-refractivity contribution in [3.05, 3.63) is 30.0 Å². The van der Waals surface area contributed by atoms with Crippen molar-refractivity contribution in [3.63, 3.8) is 0 Å². The molecular weight excluding hydrogens is 494 g/mol. The van der Waals surface area contributed by atoms with Crippen LogP contribution in [-0.2, 0) is 4.79 Å². The third-order valence-electron chi connectivity index (χ3n) is 8.87. The Balaban J connectivity index is 1.26. The van der Waals surface area contributed by atoms with Gasteiger partial charge in [0.2, 0.25) is 11.9 Å². The molecule has 0 unspecified atom stereocenters. The summed E-state index contributed by atoms with van der Waals surface area (Å²) < 4.78 is 5.64. The van der Waals surface area contributed by atoms with Gasteiger partial charge in [0.05, 0.1) is 24.4 Å². The molecule has 208 valence electrons. The predicted octanol–water partition coefficient (Wildman–Crippen LogP) is 3.61. The minimum Gasteiger partial charge on any atom is -0.495 e. The van der Waals surface area contributed by atoms with Gasteiger partial charge in [-0.15, -0.1) is 0 Å². The van der Waals surface area contributed by atoms with Gasteiger partial charge in [-0.05, 0) is 69.8 Å². The van der Waals surface area contributed by atoms with Crippen LogP contribution in [0.5, 0.6) is 5.75 Å². The number of anilines is 4. The van der Waals surface area contributed by atoms with Crippen LogP contribution < -0.4 is 30.5 Å². The maximum atomic E-state index is 13.4. The van der Waals surface area contributed by atoms with E-state index in [-0.39, 0.29) is 23.3 Å². The Morgan fingerprint density at radius 3 is 2.62 bits per heavy atom. The molecule has 2 aromatic rings.